The van der Waals surface area contributed by atoms with Gasteiger partial charge in [0.2, 0.25) is 15.9 Å². The molecular formula is C14H20FN3O3S. The number of nitrogens with one attached hydrogen (secondary N) is 3. The fourth-order valence-electron chi connectivity index (χ4n) is 2.27. The second-order valence-corrected chi connectivity index (χ2v) is 6.98. The molecule has 0 aliphatic carbocycles. The van der Waals surface area contributed by atoms with Crippen LogP contribution in [0.2, 0.25) is 0 Å². The van der Waals surface area contributed by atoms with E-state index in [1.54, 1.807) is 0 Å². The second kappa shape index (κ2) is 7.66. The summed E-state index contributed by atoms with van der Waals surface area (Å²) in [5.41, 5.74) is 0. The molecule has 22 heavy (non-hydrogen) atoms. The predicted molar refractivity (Wildman–Crippen MR) is 80.2 cm³/mol. The molecule has 1 aromatic rings. The van der Waals surface area contributed by atoms with Gasteiger partial charge in [-0.3, -0.25) is 4.79 Å². The van der Waals surface area contributed by atoms with E-state index in [1.165, 1.54) is 12.1 Å². The van der Waals surface area contributed by atoms with Crippen molar-refractivity contribution in [1.29, 1.82) is 0 Å². The van der Waals surface area contributed by atoms with Crippen LogP contribution in [0.4, 0.5) is 4.39 Å². The summed E-state index contributed by atoms with van der Waals surface area (Å²) in [5.74, 6) is -0.685. The number of sulfonamides is 1. The first kappa shape index (κ1) is 16.9. The summed E-state index contributed by atoms with van der Waals surface area (Å²) in [6, 6.07) is 4.64. The van der Waals surface area contributed by atoms with Gasteiger partial charge in [-0.25, -0.2) is 17.5 Å². The lowest BCUT2D eigenvalue weighted by molar-refractivity contribution is -0.121. The van der Waals surface area contributed by atoms with Crippen LogP contribution >= 0.6 is 0 Å². The number of carbonyl (C=O) groups is 1. The smallest absolute Gasteiger partial charge is 0.240 e. The topological polar surface area (TPSA) is 87.3 Å². The number of carbonyl (C=O) groups excluding carboxylic acids is 1. The highest BCUT2D eigenvalue weighted by Gasteiger charge is 2.17. The number of rotatable bonds is 6. The highest BCUT2D eigenvalue weighted by atomic mass is 32.2. The average Bonchev–Trinajstić information content (AvgIpc) is 2.48. The van der Waals surface area contributed by atoms with Gasteiger partial charge < -0.3 is 10.6 Å². The fraction of sp³-hybridized carbons (Fsp3) is 0.500. The third-order valence-electron chi connectivity index (χ3n) is 3.43. The van der Waals surface area contributed by atoms with Gasteiger partial charge in [0.25, 0.3) is 0 Å². The molecule has 1 fully saturated rings. The van der Waals surface area contributed by atoms with E-state index < -0.39 is 15.8 Å². The Bertz CT molecular complexity index is 598. The third-order valence-corrected chi connectivity index (χ3v) is 4.91. The summed E-state index contributed by atoms with van der Waals surface area (Å²) < 4.78 is 39.0. The molecule has 1 saturated heterocycles. The highest BCUT2D eigenvalue weighted by Crippen LogP contribution is 2.09. The van der Waals surface area contributed by atoms with Crippen molar-refractivity contribution in [1.82, 2.24) is 15.4 Å². The second-order valence-electron chi connectivity index (χ2n) is 5.21. The van der Waals surface area contributed by atoms with Crippen LogP contribution in [-0.4, -0.2) is 40.0 Å². The Morgan fingerprint density at radius 1 is 1.32 bits per heavy atom. The Kier molecular flexibility index (Phi) is 5.87. The maximum absolute atomic E-state index is 12.8. The molecule has 1 heterocycles. The first-order valence-corrected chi connectivity index (χ1v) is 8.71. The number of halogens is 1. The van der Waals surface area contributed by atoms with Gasteiger partial charge in [-0.15, -0.1) is 0 Å². The zero-order chi connectivity index (χ0) is 16.0. The van der Waals surface area contributed by atoms with Gasteiger partial charge in [-0.1, -0.05) is 0 Å². The fourth-order valence-corrected chi connectivity index (χ4v) is 3.30. The van der Waals surface area contributed by atoms with Crippen molar-refractivity contribution in [3.8, 4) is 0 Å². The molecule has 0 radical (unpaired) electrons. The summed E-state index contributed by atoms with van der Waals surface area (Å²) >= 11 is 0. The molecule has 1 aromatic carbocycles. The van der Waals surface area contributed by atoms with Crippen molar-refractivity contribution in [2.45, 2.75) is 30.2 Å². The Morgan fingerprint density at radius 3 is 2.68 bits per heavy atom. The molecule has 2 rings (SSSR count). The number of piperidine rings is 1. The van der Waals surface area contributed by atoms with Crippen LogP contribution in [0.15, 0.2) is 29.2 Å². The van der Waals surface area contributed by atoms with E-state index in [0.717, 1.165) is 38.1 Å². The molecule has 3 N–H and O–H groups in total. The van der Waals surface area contributed by atoms with Crippen LogP contribution in [0.3, 0.4) is 0 Å². The van der Waals surface area contributed by atoms with Crippen LogP contribution in [0.25, 0.3) is 0 Å². The molecule has 8 heteroatoms. The largest absolute Gasteiger partial charge is 0.352 e. The number of benzene rings is 1. The SMILES string of the molecule is O=C(CCNS(=O)(=O)c1ccc(F)cc1)N[C@H]1CCCNC1. The van der Waals surface area contributed by atoms with Crippen LogP contribution in [-0.2, 0) is 14.8 Å². The van der Waals surface area contributed by atoms with Gasteiger partial charge in [0.1, 0.15) is 5.82 Å². The van der Waals surface area contributed by atoms with Crippen molar-refractivity contribution in [3.05, 3.63) is 30.1 Å². The Balaban J connectivity index is 1.77. The highest BCUT2D eigenvalue weighted by molar-refractivity contribution is 7.89. The van der Waals surface area contributed by atoms with Gasteiger partial charge in [0.05, 0.1) is 4.90 Å². The Hall–Kier alpha value is -1.51. The van der Waals surface area contributed by atoms with Crippen molar-refractivity contribution in [3.63, 3.8) is 0 Å². The van der Waals surface area contributed by atoms with Gasteiger partial charge in [0.15, 0.2) is 0 Å². The summed E-state index contributed by atoms with van der Waals surface area (Å²) in [4.78, 5) is 11.7. The van der Waals surface area contributed by atoms with Gasteiger partial charge in [0, 0.05) is 25.6 Å². The van der Waals surface area contributed by atoms with Crippen LogP contribution in [0.5, 0.6) is 0 Å². The van der Waals surface area contributed by atoms with E-state index in [-0.39, 0.29) is 29.8 Å². The summed E-state index contributed by atoms with van der Waals surface area (Å²) in [6.45, 7) is 1.71. The Labute approximate surface area is 129 Å². The number of hydrogen-bond acceptors (Lipinski definition) is 4. The van der Waals surface area contributed by atoms with E-state index in [2.05, 4.69) is 15.4 Å². The summed E-state index contributed by atoms with van der Waals surface area (Å²) in [6.07, 6.45) is 2.01. The van der Waals surface area contributed by atoms with Gasteiger partial charge in [-0.2, -0.15) is 0 Å². The predicted octanol–water partition coefficient (Wildman–Crippen LogP) is 0.362. The third kappa shape index (κ3) is 5.04. The average molecular weight is 329 g/mol. The van der Waals surface area contributed by atoms with Crippen LogP contribution < -0.4 is 15.4 Å². The normalized spacial score (nSPS) is 18.9. The van der Waals surface area contributed by atoms with E-state index in [0.29, 0.717) is 0 Å². The molecule has 0 aromatic heterocycles. The van der Waals surface area contributed by atoms with E-state index >= 15 is 0 Å². The summed E-state index contributed by atoms with van der Waals surface area (Å²) in [5, 5.41) is 6.06. The molecule has 6 nitrogen and oxygen atoms in total. The number of amides is 1. The first-order chi connectivity index (χ1) is 10.5. The number of hydrogen-bond donors (Lipinski definition) is 3. The van der Waals surface area contributed by atoms with E-state index in [1.807, 2.05) is 0 Å². The molecule has 1 aliphatic heterocycles. The van der Waals surface area contributed by atoms with Crippen molar-refractivity contribution < 1.29 is 17.6 Å². The molecule has 0 saturated carbocycles. The van der Waals surface area contributed by atoms with Crippen molar-refractivity contribution in [2.75, 3.05) is 19.6 Å². The maximum Gasteiger partial charge on any atom is 0.240 e. The molecule has 1 amide bonds. The molecule has 0 unspecified atom stereocenters. The molecule has 0 bridgehead atoms. The van der Waals surface area contributed by atoms with Gasteiger partial charge >= 0.3 is 0 Å². The summed E-state index contributed by atoms with van der Waals surface area (Å²) in [7, 11) is -3.71. The molecular weight excluding hydrogens is 309 g/mol. The van der Waals surface area contributed by atoms with Crippen LogP contribution in [0.1, 0.15) is 19.3 Å². The van der Waals surface area contributed by atoms with Crippen molar-refractivity contribution >= 4 is 15.9 Å². The molecule has 122 valence electrons. The monoisotopic (exact) mass is 329 g/mol. The zero-order valence-electron chi connectivity index (χ0n) is 12.1. The quantitative estimate of drug-likeness (QED) is 0.703. The minimum absolute atomic E-state index is 0.00565. The molecule has 0 spiro atoms. The van der Waals surface area contributed by atoms with Crippen molar-refractivity contribution in [2.24, 2.45) is 0 Å². The minimum Gasteiger partial charge on any atom is -0.352 e. The maximum atomic E-state index is 12.8. The molecule has 1 aliphatic rings. The lowest BCUT2D eigenvalue weighted by atomic mass is 10.1. The standard InChI is InChI=1S/C14H20FN3O3S/c15-11-3-5-13(6-4-11)22(20,21)17-9-7-14(19)18-12-2-1-8-16-10-12/h3-6,12,16-17H,1-2,7-10H2,(H,18,19)/t12-/m0/s1. The lowest BCUT2D eigenvalue weighted by Crippen LogP contribution is -2.46. The first-order valence-electron chi connectivity index (χ1n) is 7.23. The van der Waals surface area contributed by atoms with E-state index in [9.17, 15) is 17.6 Å². The molecule has 1 atom stereocenters. The lowest BCUT2D eigenvalue weighted by Gasteiger charge is -2.23. The minimum atomic E-state index is -3.71. The Morgan fingerprint density at radius 2 is 2.05 bits per heavy atom. The van der Waals surface area contributed by atoms with E-state index in [4.69, 9.17) is 0 Å². The van der Waals surface area contributed by atoms with Crippen LogP contribution in [0, 0.1) is 5.82 Å². The zero-order valence-corrected chi connectivity index (χ0v) is 13.0. The van der Waals surface area contributed by atoms with Gasteiger partial charge in [-0.05, 0) is 43.7 Å².